The molecule has 2 aromatic heterocycles. The van der Waals surface area contributed by atoms with E-state index in [9.17, 15) is 0 Å². The van der Waals surface area contributed by atoms with Crippen molar-refractivity contribution in [2.45, 2.75) is 32.9 Å². The van der Waals surface area contributed by atoms with Crippen molar-refractivity contribution in [2.75, 3.05) is 13.1 Å². The van der Waals surface area contributed by atoms with Crippen LogP contribution in [0.2, 0.25) is 0 Å². The summed E-state index contributed by atoms with van der Waals surface area (Å²) in [4.78, 5) is 11.6. The number of rotatable bonds is 8. The van der Waals surface area contributed by atoms with Gasteiger partial charge < -0.3 is 5.73 Å². The molecule has 0 spiro atoms. The molecule has 0 atom stereocenters. The Hall–Kier alpha value is -2.30. The van der Waals surface area contributed by atoms with Crippen molar-refractivity contribution in [3.05, 3.63) is 71.8 Å². The summed E-state index contributed by atoms with van der Waals surface area (Å²) in [5.74, 6) is 0. The fourth-order valence-electron chi connectivity index (χ4n) is 3.03. The minimum Gasteiger partial charge on any atom is -0.330 e. The van der Waals surface area contributed by atoms with Crippen molar-refractivity contribution >= 4 is 10.8 Å². The van der Waals surface area contributed by atoms with Crippen molar-refractivity contribution < 1.29 is 0 Å². The number of aromatic nitrogens is 2. The van der Waals surface area contributed by atoms with Crippen LogP contribution in [0.5, 0.6) is 0 Å². The third-order valence-electron chi connectivity index (χ3n) is 4.49. The SMILES string of the molecule is Cc1cccnc1CN(CCCCN)Cc1cc2ccccc2cn1. The van der Waals surface area contributed by atoms with E-state index in [1.165, 1.54) is 16.3 Å². The zero-order valence-corrected chi connectivity index (χ0v) is 14.9. The van der Waals surface area contributed by atoms with Gasteiger partial charge in [0.2, 0.25) is 0 Å². The van der Waals surface area contributed by atoms with E-state index in [1.807, 2.05) is 24.5 Å². The van der Waals surface area contributed by atoms with Gasteiger partial charge in [-0.05, 0) is 55.9 Å². The lowest BCUT2D eigenvalue weighted by molar-refractivity contribution is 0.245. The second-order valence-electron chi connectivity index (χ2n) is 6.50. The topological polar surface area (TPSA) is 55.0 Å². The van der Waals surface area contributed by atoms with Crippen LogP contribution < -0.4 is 5.73 Å². The first-order valence-corrected chi connectivity index (χ1v) is 8.93. The third-order valence-corrected chi connectivity index (χ3v) is 4.49. The van der Waals surface area contributed by atoms with Gasteiger partial charge >= 0.3 is 0 Å². The minimum absolute atomic E-state index is 0.741. The largest absolute Gasteiger partial charge is 0.330 e. The molecule has 0 saturated heterocycles. The molecule has 25 heavy (non-hydrogen) atoms. The number of pyridine rings is 2. The van der Waals surface area contributed by atoms with Gasteiger partial charge in [-0.2, -0.15) is 0 Å². The summed E-state index contributed by atoms with van der Waals surface area (Å²) in [6, 6.07) is 14.7. The first-order chi connectivity index (χ1) is 12.3. The Morgan fingerprint density at radius 2 is 1.80 bits per heavy atom. The fourth-order valence-corrected chi connectivity index (χ4v) is 3.03. The molecule has 2 N–H and O–H groups in total. The molecule has 0 aliphatic heterocycles. The van der Waals surface area contributed by atoms with Crippen LogP contribution in [0, 0.1) is 6.92 Å². The molecule has 0 unspecified atom stereocenters. The molecule has 3 rings (SSSR count). The van der Waals surface area contributed by atoms with Crippen molar-refractivity contribution in [2.24, 2.45) is 5.73 Å². The smallest absolute Gasteiger partial charge is 0.0573 e. The van der Waals surface area contributed by atoms with E-state index in [2.05, 4.69) is 52.1 Å². The highest BCUT2D eigenvalue weighted by Gasteiger charge is 2.11. The van der Waals surface area contributed by atoms with Crippen LogP contribution in [-0.4, -0.2) is 28.0 Å². The number of nitrogens with zero attached hydrogens (tertiary/aromatic N) is 3. The Balaban J connectivity index is 1.76. The van der Waals surface area contributed by atoms with Crippen molar-refractivity contribution in [1.82, 2.24) is 14.9 Å². The van der Waals surface area contributed by atoms with Gasteiger partial charge in [0.05, 0.1) is 11.4 Å². The second-order valence-corrected chi connectivity index (χ2v) is 6.50. The Labute approximate surface area is 149 Å². The lowest BCUT2D eigenvalue weighted by Gasteiger charge is -2.22. The van der Waals surface area contributed by atoms with E-state index in [0.29, 0.717) is 0 Å². The van der Waals surface area contributed by atoms with Crippen LogP contribution in [0.15, 0.2) is 54.9 Å². The van der Waals surface area contributed by atoms with Crippen LogP contribution >= 0.6 is 0 Å². The van der Waals surface area contributed by atoms with E-state index in [-0.39, 0.29) is 0 Å². The van der Waals surface area contributed by atoms with E-state index in [0.717, 1.165) is 50.4 Å². The van der Waals surface area contributed by atoms with Gasteiger partial charge in [-0.3, -0.25) is 14.9 Å². The molecule has 0 amide bonds. The monoisotopic (exact) mass is 334 g/mol. The summed E-state index contributed by atoms with van der Waals surface area (Å²) < 4.78 is 0. The second kappa shape index (κ2) is 8.70. The quantitative estimate of drug-likeness (QED) is 0.639. The molecule has 0 fully saturated rings. The molecule has 4 nitrogen and oxygen atoms in total. The summed E-state index contributed by atoms with van der Waals surface area (Å²) in [5, 5.41) is 2.42. The van der Waals surface area contributed by atoms with Gasteiger partial charge in [0.25, 0.3) is 0 Å². The van der Waals surface area contributed by atoms with Gasteiger partial charge in [-0.25, -0.2) is 0 Å². The van der Waals surface area contributed by atoms with Crippen molar-refractivity contribution in [1.29, 1.82) is 0 Å². The Morgan fingerprint density at radius 1 is 0.960 bits per heavy atom. The maximum atomic E-state index is 5.66. The first kappa shape index (κ1) is 17.5. The summed E-state index contributed by atoms with van der Waals surface area (Å²) in [5.41, 5.74) is 9.13. The summed E-state index contributed by atoms with van der Waals surface area (Å²) >= 11 is 0. The van der Waals surface area contributed by atoms with Gasteiger partial charge in [0.15, 0.2) is 0 Å². The molecule has 2 heterocycles. The molecule has 1 aromatic carbocycles. The maximum Gasteiger partial charge on any atom is 0.0573 e. The van der Waals surface area contributed by atoms with Crippen LogP contribution in [-0.2, 0) is 13.1 Å². The van der Waals surface area contributed by atoms with Crippen LogP contribution in [0.25, 0.3) is 10.8 Å². The molecule has 0 aliphatic carbocycles. The summed E-state index contributed by atoms with van der Waals surface area (Å²) in [6.07, 6.45) is 5.97. The average Bonchev–Trinajstić information content (AvgIpc) is 2.63. The molecule has 0 radical (unpaired) electrons. The fraction of sp³-hybridized carbons (Fsp3) is 0.333. The summed E-state index contributed by atoms with van der Waals surface area (Å²) in [6.45, 7) is 5.53. The zero-order chi connectivity index (χ0) is 17.5. The lowest BCUT2D eigenvalue weighted by atomic mass is 10.1. The lowest BCUT2D eigenvalue weighted by Crippen LogP contribution is -2.26. The van der Waals surface area contributed by atoms with Gasteiger partial charge in [-0.1, -0.05) is 30.3 Å². The molecular formula is C21H26N4. The number of benzene rings is 1. The molecule has 130 valence electrons. The molecule has 3 aromatic rings. The highest BCUT2D eigenvalue weighted by molar-refractivity contribution is 5.81. The molecule has 4 heteroatoms. The number of unbranched alkanes of at least 4 members (excludes halogenated alkanes) is 1. The predicted octanol–water partition coefficient (Wildman–Crippen LogP) is 3.68. The molecule has 0 bridgehead atoms. The molecule has 0 aliphatic rings. The van der Waals surface area contributed by atoms with E-state index in [4.69, 9.17) is 5.73 Å². The molecule has 0 saturated carbocycles. The normalized spacial score (nSPS) is 11.3. The van der Waals surface area contributed by atoms with Crippen LogP contribution in [0.1, 0.15) is 29.8 Å². The highest BCUT2D eigenvalue weighted by Crippen LogP contribution is 2.16. The standard InChI is InChI=1S/C21H26N4/c1-17-7-6-11-23-21(17)16-25(12-5-4-10-22)15-20-13-18-8-2-3-9-19(18)14-24-20/h2-3,6-9,11,13-14H,4-5,10,12,15-16,22H2,1H3. The van der Waals surface area contributed by atoms with Gasteiger partial charge in [0, 0.05) is 30.9 Å². The van der Waals surface area contributed by atoms with E-state index < -0.39 is 0 Å². The number of hydrogen-bond acceptors (Lipinski definition) is 4. The number of nitrogens with two attached hydrogens (primary N) is 1. The number of aryl methyl sites for hydroxylation is 1. The van der Waals surface area contributed by atoms with Crippen molar-refractivity contribution in [3.63, 3.8) is 0 Å². The maximum absolute atomic E-state index is 5.66. The number of fused-ring (bicyclic) bond motifs is 1. The van der Waals surface area contributed by atoms with E-state index >= 15 is 0 Å². The van der Waals surface area contributed by atoms with E-state index in [1.54, 1.807) is 0 Å². The Bertz CT molecular complexity index is 816. The molecular weight excluding hydrogens is 308 g/mol. The zero-order valence-electron chi connectivity index (χ0n) is 14.9. The first-order valence-electron chi connectivity index (χ1n) is 8.93. The average molecular weight is 334 g/mol. The minimum atomic E-state index is 0.741. The highest BCUT2D eigenvalue weighted by atomic mass is 15.1. The van der Waals surface area contributed by atoms with Gasteiger partial charge in [-0.15, -0.1) is 0 Å². The third kappa shape index (κ3) is 4.84. The number of hydrogen-bond donors (Lipinski definition) is 1. The Morgan fingerprint density at radius 3 is 2.60 bits per heavy atom. The van der Waals surface area contributed by atoms with Crippen molar-refractivity contribution in [3.8, 4) is 0 Å². The van der Waals surface area contributed by atoms with Crippen LogP contribution in [0.4, 0.5) is 0 Å². The predicted molar refractivity (Wildman–Crippen MR) is 103 cm³/mol. The Kier molecular flexibility index (Phi) is 6.09. The van der Waals surface area contributed by atoms with Crippen LogP contribution in [0.3, 0.4) is 0 Å². The summed E-state index contributed by atoms with van der Waals surface area (Å²) in [7, 11) is 0. The van der Waals surface area contributed by atoms with Gasteiger partial charge in [0.1, 0.15) is 0 Å².